The summed E-state index contributed by atoms with van der Waals surface area (Å²) < 4.78 is 0. The monoisotopic (exact) mass is 218 g/mol. The largest absolute Gasteiger partial charge is 0.343 e. The van der Waals surface area contributed by atoms with E-state index in [1.54, 1.807) is 0 Å². The molecule has 1 aliphatic heterocycles. The summed E-state index contributed by atoms with van der Waals surface area (Å²) in [6, 6.07) is 4.17. The number of carbonyl (C=O) groups excluding carboxylic acids is 1. The van der Waals surface area contributed by atoms with Crippen molar-refractivity contribution in [2.75, 3.05) is 13.1 Å². The molecule has 1 fully saturated rings. The van der Waals surface area contributed by atoms with Crippen molar-refractivity contribution >= 4 is 5.91 Å². The van der Waals surface area contributed by atoms with E-state index in [1.807, 2.05) is 24.2 Å². The standard InChI is InChI=1S/C13H18N2O/c1-2-13(16)15-9-5-12(6-10-15)11-3-7-14-8-4-11/h3-4,7-8,12H,2,5-6,9-10H2,1H3. The third kappa shape index (κ3) is 2.40. The fourth-order valence-corrected chi connectivity index (χ4v) is 2.32. The first-order valence-corrected chi connectivity index (χ1v) is 5.99. The molecular weight excluding hydrogens is 200 g/mol. The first kappa shape index (κ1) is 11.1. The van der Waals surface area contributed by atoms with Gasteiger partial charge in [0.05, 0.1) is 0 Å². The normalized spacial score (nSPS) is 17.4. The van der Waals surface area contributed by atoms with Crippen molar-refractivity contribution in [3.8, 4) is 0 Å². The highest BCUT2D eigenvalue weighted by Gasteiger charge is 2.22. The summed E-state index contributed by atoms with van der Waals surface area (Å²) in [4.78, 5) is 17.5. The Morgan fingerprint density at radius 2 is 2.00 bits per heavy atom. The van der Waals surface area contributed by atoms with Gasteiger partial charge >= 0.3 is 0 Å². The van der Waals surface area contributed by atoms with E-state index >= 15 is 0 Å². The highest BCUT2D eigenvalue weighted by atomic mass is 16.2. The van der Waals surface area contributed by atoms with Crippen molar-refractivity contribution in [2.45, 2.75) is 32.1 Å². The number of likely N-dealkylation sites (tertiary alicyclic amines) is 1. The molecule has 2 rings (SSSR count). The van der Waals surface area contributed by atoms with Gasteiger partial charge in [-0.25, -0.2) is 0 Å². The molecule has 1 aliphatic rings. The second kappa shape index (κ2) is 5.10. The first-order chi connectivity index (χ1) is 7.81. The number of carbonyl (C=O) groups is 1. The van der Waals surface area contributed by atoms with Gasteiger partial charge in [0.1, 0.15) is 0 Å². The third-order valence-corrected chi connectivity index (χ3v) is 3.33. The topological polar surface area (TPSA) is 33.2 Å². The maximum atomic E-state index is 11.5. The predicted octanol–water partition coefficient (Wildman–Crippen LogP) is 2.20. The van der Waals surface area contributed by atoms with E-state index in [4.69, 9.17) is 0 Å². The Bertz CT molecular complexity index is 342. The number of piperidine rings is 1. The van der Waals surface area contributed by atoms with Gasteiger partial charge < -0.3 is 4.90 Å². The predicted molar refractivity (Wildman–Crippen MR) is 63.1 cm³/mol. The van der Waals surface area contributed by atoms with Crippen molar-refractivity contribution in [2.24, 2.45) is 0 Å². The lowest BCUT2D eigenvalue weighted by Gasteiger charge is -2.32. The van der Waals surface area contributed by atoms with Gasteiger partial charge in [-0.1, -0.05) is 6.92 Å². The van der Waals surface area contributed by atoms with Crippen molar-refractivity contribution in [1.29, 1.82) is 0 Å². The van der Waals surface area contributed by atoms with Crippen LogP contribution in [0.2, 0.25) is 0 Å². The number of aromatic nitrogens is 1. The lowest BCUT2D eigenvalue weighted by atomic mass is 9.90. The summed E-state index contributed by atoms with van der Waals surface area (Å²) in [6.07, 6.45) is 6.48. The van der Waals surface area contributed by atoms with E-state index in [1.165, 1.54) is 5.56 Å². The highest BCUT2D eigenvalue weighted by Crippen LogP contribution is 2.27. The summed E-state index contributed by atoms with van der Waals surface area (Å²) in [7, 11) is 0. The zero-order chi connectivity index (χ0) is 11.4. The van der Waals surface area contributed by atoms with E-state index in [0.29, 0.717) is 12.3 Å². The minimum atomic E-state index is 0.285. The molecule has 1 aromatic rings. The molecule has 3 heteroatoms. The Morgan fingerprint density at radius 1 is 1.38 bits per heavy atom. The lowest BCUT2D eigenvalue weighted by molar-refractivity contribution is -0.131. The number of nitrogens with zero attached hydrogens (tertiary/aromatic N) is 2. The maximum absolute atomic E-state index is 11.5. The lowest BCUT2D eigenvalue weighted by Crippen LogP contribution is -2.37. The number of pyridine rings is 1. The van der Waals surface area contributed by atoms with Gasteiger partial charge in [0.2, 0.25) is 5.91 Å². The van der Waals surface area contributed by atoms with Gasteiger partial charge in [-0.2, -0.15) is 0 Å². The Morgan fingerprint density at radius 3 is 2.56 bits per heavy atom. The van der Waals surface area contributed by atoms with Crippen LogP contribution in [0.5, 0.6) is 0 Å². The van der Waals surface area contributed by atoms with E-state index < -0.39 is 0 Å². The molecule has 1 saturated heterocycles. The average molecular weight is 218 g/mol. The molecule has 3 nitrogen and oxygen atoms in total. The molecule has 0 aliphatic carbocycles. The van der Waals surface area contributed by atoms with Crippen molar-refractivity contribution in [1.82, 2.24) is 9.88 Å². The molecule has 0 saturated carbocycles. The van der Waals surface area contributed by atoms with Gasteiger partial charge in [-0.3, -0.25) is 9.78 Å². The average Bonchev–Trinajstić information content (AvgIpc) is 2.39. The van der Waals surface area contributed by atoms with E-state index in [2.05, 4.69) is 17.1 Å². The third-order valence-electron chi connectivity index (χ3n) is 3.33. The molecule has 1 aromatic heterocycles. The second-order valence-electron chi connectivity index (χ2n) is 4.29. The van der Waals surface area contributed by atoms with Crippen LogP contribution in [0.3, 0.4) is 0 Å². The van der Waals surface area contributed by atoms with E-state index in [0.717, 1.165) is 25.9 Å². The Hall–Kier alpha value is -1.38. The van der Waals surface area contributed by atoms with Gasteiger partial charge in [-0.05, 0) is 36.5 Å². The van der Waals surface area contributed by atoms with E-state index in [9.17, 15) is 4.79 Å². The minimum Gasteiger partial charge on any atom is -0.343 e. The van der Waals surface area contributed by atoms with Crippen LogP contribution < -0.4 is 0 Å². The minimum absolute atomic E-state index is 0.285. The van der Waals surface area contributed by atoms with E-state index in [-0.39, 0.29) is 5.91 Å². The summed E-state index contributed by atoms with van der Waals surface area (Å²) >= 11 is 0. The zero-order valence-corrected chi connectivity index (χ0v) is 9.72. The van der Waals surface area contributed by atoms with Crippen LogP contribution >= 0.6 is 0 Å². The molecule has 1 amide bonds. The number of rotatable bonds is 2. The molecule has 0 aromatic carbocycles. The molecule has 0 radical (unpaired) electrons. The molecule has 16 heavy (non-hydrogen) atoms. The molecule has 0 atom stereocenters. The van der Waals surface area contributed by atoms with Gasteiger partial charge in [0.25, 0.3) is 0 Å². The van der Waals surface area contributed by atoms with Crippen LogP contribution in [0.4, 0.5) is 0 Å². The first-order valence-electron chi connectivity index (χ1n) is 5.99. The zero-order valence-electron chi connectivity index (χ0n) is 9.72. The summed E-state index contributed by atoms with van der Waals surface area (Å²) in [5.74, 6) is 0.886. The summed E-state index contributed by atoms with van der Waals surface area (Å²) in [5.41, 5.74) is 1.36. The van der Waals surface area contributed by atoms with Gasteiger partial charge in [0, 0.05) is 31.9 Å². The highest BCUT2D eigenvalue weighted by molar-refractivity contribution is 5.75. The smallest absolute Gasteiger partial charge is 0.222 e. The molecular formula is C13H18N2O. The SMILES string of the molecule is CCC(=O)N1CCC(c2ccncc2)CC1. The molecule has 0 unspecified atom stereocenters. The number of hydrogen-bond acceptors (Lipinski definition) is 2. The number of amides is 1. The number of hydrogen-bond donors (Lipinski definition) is 0. The quantitative estimate of drug-likeness (QED) is 0.762. The molecule has 0 bridgehead atoms. The van der Waals surface area contributed by atoms with Crippen molar-refractivity contribution < 1.29 is 4.79 Å². The molecule has 0 N–H and O–H groups in total. The molecule has 0 spiro atoms. The van der Waals surface area contributed by atoms with Crippen molar-refractivity contribution in [3.05, 3.63) is 30.1 Å². The Labute approximate surface area is 96.5 Å². The summed E-state index contributed by atoms with van der Waals surface area (Å²) in [5, 5.41) is 0. The maximum Gasteiger partial charge on any atom is 0.222 e. The van der Waals surface area contributed by atoms with Crippen LogP contribution in [0.1, 0.15) is 37.7 Å². The second-order valence-corrected chi connectivity index (χ2v) is 4.29. The molecule has 86 valence electrons. The fourth-order valence-electron chi connectivity index (χ4n) is 2.32. The summed E-state index contributed by atoms with van der Waals surface area (Å²) in [6.45, 7) is 3.73. The van der Waals surface area contributed by atoms with Crippen LogP contribution in [-0.4, -0.2) is 28.9 Å². The molecule has 2 heterocycles. The van der Waals surface area contributed by atoms with Gasteiger partial charge in [0.15, 0.2) is 0 Å². The van der Waals surface area contributed by atoms with Crippen LogP contribution in [-0.2, 0) is 4.79 Å². The van der Waals surface area contributed by atoms with Crippen LogP contribution in [0.15, 0.2) is 24.5 Å². The Balaban J connectivity index is 1.93. The Kier molecular flexibility index (Phi) is 3.54. The van der Waals surface area contributed by atoms with Crippen LogP contribution in [0.25, 0.3) is 0 Å². The van der Waals surface area contributed by atoms with Crippen LogP contribution in [0, 0.1) is 0 Å². The van der Waals surface area contributed by atoms with Crippen molar-refractivity contribution in [3.63, 3.8) is 0 Å². The van der Waals surface area contributed by atoms with Gasteiger partial charge in [-0.15, -0.1) is 0 Å². The fraction of sp³-hybridized carbons (Fsp3) is 0.538.